The molecule has 1 aliphatic heterocycles. The Morgan fingerprint density at radius 3 is 2.73 bits per heavy atom. The fourth-order valence-corrected chi connectivity index (χ4v) is 1.62. The van der Waals surface area contributed by atoms with Crippen LogP contribution in [0.3, 0.4) is 0 Å². The number of rotatable bonds is 2. The smallest absolute Gasteiger partial charge is 0.267 e. The lowest BCUT2D eigenvalue weighted by atomic mass is 10.2. The van der Waals surface area contributed by atoms with E-state index >= 15 is 0 Å². The van der Waals surface area contributed by atoms with Gasteiger partial charge in [-0.1, -0.05) is 0 Å². The maximum atomic E-state index is 12.7. The van der Waals surface area contributed by atoms with Crippen LogP contribution in [0.5, 0.6) is 0 Å². The molecule has 0 amide bonds. The number of nitrogens with zero attached hydrogens (tertiary/aromatic N) is 2. The summed E-state index contributed by atoms with van der Waals surface area (Å²) in [4.78, 5) is 5.85. The van der Waals surface area contributed by atoms with Gasteiger partial charge < -0.3 is 9.64 Å². The Balaban J connectivity index is 2.25. The van der Waals surface area contributed by atoms with Gasteiger partial charge in [-0.3, -0.25) is 0 Å². The third kappa shape index (κ3) is 2.23. The van der Waals surface area contributed by atoms with Gasteiger partial charge >= 0.3 is 0 Å². The normalized spacial score (nSPS) is 17.1. The summed E-state index contributed by atoms with van der Waals surface area (Å²) < 4.78 is 30.5. The van der Waals surface area contributed by atoms with Crippen LogP contribution >= 0.6 is 0 Å². The Morgan fingerprint density at radius 1 is 1.33 bits per heavy atom. The molecule has 0 atom stereocenters. The summed E-state index contributed by atoms with van der Waals surface area (Å²) >= 11 is 0. The van der Waals surface area contributed by atoms with Gasteiger partial charge in [-0.05, 0) is 12.1 Å². The predicted molar refractivity (Wildman–Crippen MR) is 52.2 cm³/mol. The van der Waals surface area contributed by atoms with Crippen molar-refractivity contribution < 1.29 is 13.5 Å². The van der Waals surface area contributed by atoms with Crippen LogP contribution in [0.4, 0.5) is 14.6 Å². The van der Waals surface area contributed by atoms with E-state index in [-0.39, 0.29) is 5.56 Å². The molecule has 0 N–H and O–H groups in total. The van der Waals surface area contributed by atoms with E-state index in [1.54, 1.807) is 0 Å². The fourth-order valence-electron chi connectivity index (χ4n) is 1.62. The van der Waals surface area contributed by atoms with Crippen molar-refractivity contribution in [2.45, 2.75) is 6.43 Å². The van der Waals surface area contributed by atoms with Crippen molar-refractivity contribution in [2.75, 3.05) is 31.2 Å². The largest absolute Gasteiger partial charge is 0.378 e. The highest BCUT2D eigenvalue weighted by Gasteiger charge is 2.20. The first-order valence-corrected chi connectivity index (χ1v) is 4.85. The topological polar surface area (TPSA) is 25.4 Å². The molecule has 2 rings (SSSR count). The third-order valence-electron chi connectivity index (χ3n) is 2.36. The minimum atomic E-state index is -2.48. The van der Waals surface area contributed by atoms with Gasteiger partial charge in [0.15, 0.2) is 0 Å². The van der Waals surface area contributed by atoms with Gasteiger partial charge in [-0.25, -0.2) is 13.8 Å². The Labute approximate surface area is 86.7 Å². The third-order valence-corrected chi connectivity index (χ3v) is 2.36. The molecule has 0 aliphatic carbocycles. The van der Waals surface area contributed by atoms with E-state index in [0.29, 0.717) is 32.1 Å². The first-order valence-electron chi connectivity index (χ1n) is 4.85. The second-order valence-corrected chi connectivity index (χ2v) is 3.32. The zero-order chi connectivity index (χ0) is 10.7. The molecule has 82 valence electrons. The van der Waals surface area contributed by atoms with Crippen molar-refractivity contribution in [2.24, 2.45) is 0 Å². The highest BCUT2D eigenvalue weighted by Crippen LogP contribution is 2.27. The molecular weight excluding hydrogens is 202 g/mol. The van der Waals surface area contributed by atoms with Crippen molar-refractivity contribution in [1.82, 2.24) is 4.98 Å². The SMILES string of the molecule is FC(F)c1cccnc1N1CCOCC1. The summed E-state index contributed by atoms with van der Waals surface area (Å²) in [5, 5.41) is 0. The first-order chi connectivity index (χ1) is 7.29. The number of aromatic nitrogens is 1. The lowest BCUT2D eigenvalue weighted by molar-refractivity contribution is 0.120. The van der Waals surface area contributed by atoms with Crippen LogP contribution in [0.25, 0.3) is 0 Å². The van der Waals surface area contributed by atoms with Crippen molar-refractivity contribution in [3.63, 3.8) is 0 Å². The van der Waals surface area contributed by atoms with E-state index < -0.39 is 6.43 Å². The molecule has 0 unspecified atom stereocenters. The van der Waals surface area contributed by atoms with E-state index in [1.807, 2.05) is 4.90 Å². The highest BCUT2D eigenvalue weighted by atomic mass is 19.3. The first kappa shape index (κ1) is 10.3. The number of alkyl halides is 2. The molecule has 0 aromatic carbocycles. The molecule has 2 heterocycles. The molecule has 1 saturated heterocycles. The Morgan fingerprint density at radius 2 is 2.07 bits per heavy atom. The van der Waals surface area contributed by atoms with Gasteiger partial charge in [0.25, 0.3) is 6.43 Å². The maximum absolute atomic E-state index is 12.7. The van der Waals surface area contributed by atoms with Gasteiger partial charge in [0.1, 0.15) is 5.82 Å². The van der Waals surface area contributed by atoms with Gasteiger partial charge in [-0.2, -0.15) is 0 Å². The monoisotopic (exact) mass is 214 g/mol. The molecule has 0 spiro atoms. The summed E-state index contributed by atoms with van der Waals surface area (Å²) in [6, 6.07) is 2.95. The number of hydrogen-bond acceptors (Lipinski definition) is 3. The molecule has 15 heavy (non-hydrogen) atoms. The van der Waals surface area contributed by atoms with Crippen LogP contribution in [0, 0.1) is 0 Å². The minimum Gasteiger partial charge on any atom is -0.378 e. The van der Waals surface area contributed by atoms with Crippen molar-refractivity contribution in [1.29, 1.82) is 0 Å². The highest BCUT2D eigenvalue weighted by molar-refractivity contribution is 5.47. The van der Waals surface area contributed by atoms with Crippen LogP contribution in [0.2, 0.25) is 0 Å². The molecule has 1 aromatic heterocycles. The number of halogens is 2. The van der Waals surface area contributed by atoms with Crippen LogP contribution in [-0.4, -0.2) is 31.3 Å². The number of hydrogen-bond donors (Lipinski definition) is 0. The van der Waals surface area contributed by atoms with Crippen molar-refractivity contribution in [3.05, 3.63) is 23.9 Å². The van der Waals surface area contributed by atoms with Crippen LogP contribution in [-0.2, 0) is 4.74 Å². The van der Waals surface area contributed by atoms with Crippen molar-refractivity contribution in [3.8, 4) is 0 Å². The Hall–Kier alpha value is -1.23. The van der Waals surface area contributed by atoms with Gasteiger partial charge in [0.05, 0.1) is 18.8 Å². The lowest BCUT2D eigenvalue weighted by Gasteiger charge is -2.29. The Kier molecular flexibility index (Phi) is 3.11. The molecule has 0 saturated carbocycles. The molecule has 1 aromatic rings. The summed E-state index contributed by atoms with van der Waals surface area (Å²) in [6.07, 6.45) is -0.937. The van der Waals surface area contributed by atoms with E-state index in [9.17, 15) is 8.78 Å². The fraction of sp³-hybridized carbons (Fsp3) is 0.500. The zero-order valence-corrected chi connectivity index (χ0v) is 8.20. The number of pyridine rings is 1. The molecule has 1 fully saturated rings. The summed E-state index contributed by atoms with van der Waals surface area (Å²) in [5.41, 5.74) is -0.000556. The zero-order valence-electron chi connectivity index (χ0n) is 8.20. The summed E-state index contributed by atoms with van der Waals surface area (Å²) in [5.74, 6) is 0.385. The second-order valence-electron chi connectivity index (χ2n) is 3.32. The lowest BCUT2D eigenvalue weighted by Crippen LogP contribution is -2.37. The van der Waals surface area contributed by atoms with Crippen LogP contribution < -0.4 is 4.90 Å². The van der Waals surface area contributed by atoms with Gasteiger partial charge in [0.2, 0.25) is 0 Å². The van der Waals surface area contributed by atoms with E-state index in [1.165, 1.54) is 18.3 Å². The van der Waals surface area contributed by atoms with E-state index in [0.717, 1.165) is 0 Å². The van der Waals surface area contributed by atoms with Crippen LogP contribution in [0.1, 0.15) is 12.0 Å². The second kappa shape index (κ2) is 4.53. The molecule has 5 heteroatoms. The summed E-state index contributed by atoms with van der Waals surface area (Å²) in [7, 11) is 0. The van der Waals surface area contributed by atoms with Gasteiger partial charge in [-0.15, -0.1) is 0 Å². The minimum absolute atomic E-state index is 0.000556. The van der Waals surface area contributed by atoms with Crippen LogP contribution in [0.15, 0.2) is 18.3 Å². The number of anilines is 1. The quantitative estimate of drug-likeness (QED) is 0.751. The van der Waals surface area contributed by atoms with Crippen molar-refractivity contribution >= 4 is 5.82 Å². The average Bonchev–Trinajstić information content (AvgIpc) is 2.30. The number of morpholine rings is 1. The summed E-state index contributed by atoms with van der Waals surface area (Å²) in [6.45, 7) is 2.38. The number of ether oxygens (including phenoxy) is 1. The maximum Gasteiger partial charge on any atom is 0.267 e. The molecule has 1 aliphatic rings. The van der Waals surface area contributed by atoms with Gasteiger partial charge in [0, 0.05) is 19.3 Å². The average molecular weight is 214 g/mol. The molecular formula is C10H12F2N2O. The molecule has 0 radical (unpaired) electrons. The Bertz CT molecular complexity index is 327. The molecule has 3 nitrogen and oxygen atoms in total. The van der Waals surface area contributed by atoms with E-state index in [4.69, 9.17) is 4.74 Å². The standard InChI is InChI=1S/C10H12F2N2O/c11-9(12)8-2-1-3-13-10(8)14-4-6-15-7-5-14/h1-3,9H,4-7H2. The predicted octanol–water partition coefficient (Wildman–Crippen LogP) is 1.86. The van der Waals surface area contributed by atoms with E-state index in [2.05, 4.69) is 4.98 Å². The molecule has 0 bridgehead atoms.